The molecule has 24 heavy (non-hydrogen) atoms. The fraction of sp³-hybridized carbons (Fsp3) is 0.412. The largest absolute Gasteiger partial charge is 0.389 e. The van der Waals surface area contributed by atoms with Gasteiger partial charge in [0.15, 0.2) is 0 Å². The number of anilines is 1. The maximum atomic E-state index is 13.2. The van der Waals surface area contributed by atoms with E-state index in [1.165, 1.54) is 9.18 Å². The van der Waals surface area contributed by atoms with Gasteiger partial charge in [-0.05, 0) is 30.0 Å². The minimum Gasteiger partial charge on any atom is -0.389 e. The van der Waals surface area contributed by atoms with E-state index in [4.69, 9.17) is 0 Å². The highest BCUT2D eigenvalue weighted by Gasteiger charge is 2.61. The maximum absolute atomic E-state index is 13.2. The summed E-state index contributed by atoms with van der Waals surface area (Å²) in [5.74, 6) is 0. The minimum atomic E-state index is -3.60. The molecule has 1 spiro atoms. The van der Waals surface area contributed by atoms with Crippen molar-refractivity contribution in [3.8, 4) is 0 Å². The second-order valence-electron chi connectivity index (χ2n) is 6.49. The summed E-state index contributed by atoms with van der Waals surface area (Å²) in [4.78, 5) is 3.36. The number of rotatable bonds is 3. The lowest BCUT2D eigenvalue weighted by Crippen LogP contribution is -2.47. The lowest BCUT2D eigenvalue weighted by atomic mass is 10.0. The van der Waals surface area contributed by atoms with Crippen molar-refractivity contribution in [1.29, 1.82) is 0 Å². The Morgan fingerprint density at radius 2 is 2.00 bits per heavy atom. The Labute approximate surface area is 146 Å². The van der Waals surface area contributed by atoms with Gasteiger partial charge in [0.1, 0.15) is 4.75 Å². The van der Waals surface area contributed by atoms with E-state index in [9.17, 15) is 13.5 Å². The maximum Gasteiger partial charge on any atom is 0.244 e. The van der Waals surface area contributed by atoms with Crippen molar-refractivity contribution in [1.82, 2.24) is 4.90 Å². The van der Waals surface area contributed by atoms with Crippen LogP contribution in [0.15, 0.2) is 47.8 Å². The summed E-state index contributed by atoms with van der Waals surface area (Å²) >= 11 is 1.67. The number of thiophene rings is 1. The number of likely N-dealkylation sites (tertiary alicyclic amines) is 1. The van der Waals surface area contributed by atoms with Crippen LogP contribution in [0.25, 0.3) is 0 Å². The molecule has 0 amide bonds. The molecule has 5 nitrogen and oxygen atoms in total. The van der Waals surface area contributed by atoms with Crippen molar-refractivity contribution in [2.75, 3.05) is 23.9 Å². The highest BCUT2D eigenvalue weighted by atomic mass is 32.2. The molecule has 128 valence electrons. The number of para-hydroxylation sites is 1. The van der Waals surface area contributed by atoms with Gasteiger partial charge in [-0.25, -0.2) is 8.42 Å². The van der Waals surface area contributed by atoms with Crippen LogP contribution in [0.5, 0.6) is 0 Å². The number of hydrogen-bond donors (Lipinski definition) is 1. The normalized spacial score (nSPS) is 29.5. The van der Waals surface area contributed by atoms with Gasteiger partial charge in [0, 0.05) is 24.5 Å². The number of β-amino-alcohol motifs (C(OH)–C–C–N with tert-alkyl or cyclic N) is 1. The molecule has 0 bridgehead atoms. The van der Waals surface area contributed by atoms with Crippen LogP contribution in [-0.2, 0) is 16.6 Å². The number of nitrogens with zero attached hydrogens (tertiary/aromatic N) is 2. The molecule has 2 aromatic rings. The van der Waals surface area contributed by atoms with Gasteiger partial charge in [0.2, 0.25) is 10.0 Å². The van der Waals surface area contributed by atoms with Crippen LogP contribution in [0.4, 0.5) is 5.69 Å². The van der Waals surface area contributed by atoms with E-state index < -0.39 is 20.9 Å². The van der Waals surface area contributed by atoms with Gasteiger partial charge in [-0.2, -0.15) is 0 Å². The molecule has 0 radical (unpaired) electrons. The first kappa shape index (κ1) is 16.1. The van der Waals surface area contributed by atoms with Crippen LogP contribution in [0.1, 0.15) is 11.3 Å². The molecule has 7 heteroatoms. The lowest BCUT2D eigenvalue weighted by Gasteiger charge is -2.27. The predicted molar refractivity (Wildman–Crippen MR) is 95.7 cm³/mol. The Morgan fingerprint density at radius 3 is 2.71 bits per heavy atom. The molecule has 2 aliphatic rings. The summed E-state index contributed by atoms with van der Waals surface area (Å²) in [6.07, 6.45) is -0.387. The van der Waals surface area contributed by atoms with Gasteiger partial charge in [-0.3, -0.25) is 9.21 Å². The SMILES string of the molecule is O=S1(=O)N(c2ccccc2)C[C@H](O)[C@]12CCN(Cc1cccs1)C2. The van der Waals surface area contributed by atoms with Crippen molar-refractivity contribution in [2.24, 2.45) is 0 Å². The zero-order valence-electron chi connectivity index (χ0n) is 13.2. The van der Waals surface area contributed by atoms with Gasteiger partial charge in [-0.15, -0.1) is 11.3 Å². The molecular formula is C17H20N2O3S2. The summed E-state index contributed by atoms with van der Waals surface area (Å²) in [6.45, 7) is 1.96. The topological polar surface area (TPSA) is 60.9 Å². The monoisotopic (exact) mass is 364 g/mol. The average Bonchev–Trinajstić information content (AvgIpc) is 3.27. The molecule has 1 aromatic carbocycles. The first-order chi connectivity index (χ1) is 11.5. The van der Waals surface area contributed by atoms with E-state index in [0.29, 0.717) is 25.2 Å². The highest BCUT2D eigenvalue weighted by Crippen LogP contribution is 2.43. The smallest absolute Gasteiger partial charge is 0.244 e. The molecule has 1 N–H and O–H groups in total. The van der Waals surface area contributed by atoms with E-state index >= 15 is 0 Å². The van der Waals surface area contributed by atoms with Crippen molar-refractivity contribution >= 4 is 27.0 Å². The van der Waals surface area contributed by atoms with Crippen LogP contribution < -0.4 is 4.31 Å². The van der Waals surface area contributed by atoms with Crippen LogP contribution in [-0.4, -0.2) is 48.9 Å². The van der Waals surface area contributed by atoms with E-state index in [1.807, 2.05) is 29.6 Å². The third-order valence-electron chi connectivity index (χ3n) is 5.10. The van der Waals surface area contributed by atoms with Crippen molar-refractivity contribution in [2.45, 2.75) is 23.8 Å². The zero-order valence-corrected chi connectivity index (χ0v) is 14.8. The molecule has 0 unspecified atom stereocenters. The number of aliphatic hydroxyl groups is 1. The average molecular weight is 364 g/mol. The second-order valence-corrected chi connectivity index (χ2v) is 9.73. The van der Waals surface area contributed by atoms with Crippen LogP contribution in [0, 0.1) is 0 Å². The van der Waals surface area contributed by atoms with E-state index in [2.05, 4.69) is 11.0 Å². The Hall–Kier alpha value is -1.41. The fourth-order valence-corrected chi connectivity index (χ4v) is 6.81. The van der Waals surface area contributed by atoms with Crippen LogP contribution in [0.3, 0.4) is 0 Å². The van der Waals surface area contributed by atoms with Crippen LogP contribution in [0.2, 0.25) is 0 Å². The Morgan fingerprint density at radius 1 is 1.21 bits per heavy atom. The van der Waals surface area contributed by atoms with Gasteiger partial charge in [-0.1, -0.05) is 24.3 Å². The van der Waals surface area contributed by atoms with Gasteiger partial charge in [0.05, 0.1) is 18.3 Å². The lowest BCUT2D eigenvalue weighted by molar-refractivity contribution is 0.143. The molecule has 0 saturated carbocycles. The molecule has 2 atom stereocenters. The molecule has 4 rings (SSSR count). The molecule has 1 aromatic heterocycles. The summed E-state index contributed by atoms with van der Waals surface area (Å²) in [5, 5.41) is 12.7. The number of aliphatic hydroxyl groups excluding tert-OH is 1. The minimum absolute atomic E-state index is 0.138. The number of hydrogen-bond acceptors (Lipinski definition) is 5. The first-order valence-electron chi connectivity index (χ1n) is 8.03. The zero-order chi connectivity index (χ0) is 16.8. The Balaban J connectivity index is 1.61. The Kier molecular flexibility index (Phi) is 3.91. The van der Waals surface area contributed by atoms with Crippen LogP contribution >= 0.6 is 11.3 Å². The number of sulfonamides is 1. The molecule has 3 heterocycles. The first-order valence-corrected chi connectivity index (χ1v) is 10.3. The van der Waals surface area contributed by atoms with Gasteiger partial charge in [0.25, 0.3) is 0 Å². The van der Waals surface area contributed by atoms with E-state index in [0.717, 1.165) is 6.54 Å². The molecule has 0 aliphatic carbocycles. The quantitative estimate of drug-likeness (QED) is 0.904. The predicted octanol–water partition coefficient (Wildman–Crippen LogP) is 1.90. The van der Waals surface area contributed by atoms with Gasteiger partial charge >= 0.3 is 0 Å². The van der Waals surface area contributed by atoms with Gasteiger partial charge < -0.3 is 5.11 Å². The third-order valence-corrected chi connectivity index (χ3v) is 8.53. The molecular weight excluding hydrogens is 344 g/mol. The third kappa shape index (κ3) is 2.38. The van der Waals surface area contributed by atoms with Crippen molar-refractivity contribution in [3.63, 3.8) is 0 Å². The van der Waals surface area contributed by atoms with Crippen molar-refractivity contribution < 1.29 is 13.5 Å². The van der Waals surface area contributed by atoms with E-state index in [1.54, 1.807) is 23.5 Å². The summed E-state index contributed by atoms with van der Waals surface area (Å²) in [5.41, 5.74) is 0.630. The molecule has 2 saturated heterocycles. The molecule has 2 fully saturated rings. The molecule has 2 aliphatic heterocycles. The number of benzene rings is 1. The second kappa shape index (κ2) is 5.84. The summed E-state index contributed by atoms with van der Waals surface area (Å²) in [7, 11) is -3.60. The van der Waals surface area contributed by atoms with Crippen molar-refractivity contribution in [3.05, 3.63) is 52.7 Å². The fourth-order valence-electron chi connectivity index (χ4n) is 3.78. The standard InChI is InChI=1S/C17H20N2O3S2/c20-16-12-19(14-5-2-1-3-6-14)24(21,22)17(16)8-9-18(13-17)11-15-7-4-10-23-15/h1-7,10,16,20H,8-9,11-13H2/t16-,17+/m0/s1. The highest BCUT2D eigenvalue weighted by molar-refractivity contribution is 7.94. The Bertz CT molecular complexity index is 808. The van der Waals surface area contributed by atoms with E-state index in [-0.39, 0.29) is 6.54 Å². The summed E-state index contributed by atoms with van der Waals surface area (Å²) in [6, 6.07) is 13.1. The summed E-state index contributed by atoms with van der Waals surface area (Å²) < 4.78 is 26.7.